The van der Waals surface area contributed by atoms with E-state index in [1.807, 2.05) is 19.1 Å². The number of carbonyl (C=O) groups is 2. The average Bonchev–Trinajstić information content (AvgIpc) is 3.14. The molecule has 0 bridgehead atoms. The lowest BCUT2D eigenvalue weighted by atomic mass is 9.91. The number of carbonyl (C=O) groups excluding carboxylic acids is 1. The van der Waals surface area contributed by atoms with E-state index in [9.17, 15) is 27.9 Å². The van der Waals surface area contributed by atoms with E-state index in [2.05, 4.69) is 0 Å². The minimum Gasteiger partial charge on any atom is -0.487 e. The number of fused-ring (bicyclic) bond motifs is 1. The molecule has 1 unspecified atom stereocenters. The number of benzene rings is 3. The number of hydrogen-bond donors (Lipinski definition) is 1. The van der Waals surface area contributed by atoms with Crippen molar-refractivity contribution >= 4 is 23.5 Å². The van der Waals surface area contributed by atoms with Crippen molar-refractivity contribution < 1.29 is 32.6 Å². The molecule has 3 aromatic rings. The summed E-state index contributed by atoms with van der Waals surface area (Å²) in [5.41, 5.74) is 0.848. The Kier molecular flexibility index (Phi) is 7.00. The number of alkyl halides is 3. The van der Waals surface area contributed by atoms with Gasteiger partial charge in [0.05, 0.1) is 5.56 Å². The maximum Gasteiger partial charge on any atom is 0.416 e. The van der Waals surface area contributed by atoms with Crippen LogP contribution in [0.5, 0.6) is 5.75 Å². The molecule has 1 atom stereocenters. The second kappa shape index (κ2) is 9.85. The summed E-state index contributed by atoms with van der Waals surface area (Å²) < 4.78 is 45.4. The smallest absolute Gasteiger partial charge is 0.416 e. The van der Waals surface area contributed by atoms with Gasteiger partial charge in [0.2, 0.25) is 0 Å². The molecule has 0 aromatic heterocycles. The van der Waals surface area contributed by atoms with Gasteiger partial charge in [0, 0.05) is 30.0 Å². The Hall–Kier alpha value is -3.52. The molecule has 0 saturated heterocycles. The predicted molar refractivity (Wildman–Crippen MR) is 128 cm³/mol. The highest BCUT2D eigenvalue weighted by Gasteiger charge is 2.36. The molecule has 1 amide bonds. The topological polar surface area (TPSA) is 66.8 Å². The second-order valence-corrected chi connectivity index (χ2v) is 9.54. The monoisotopic (exact) mass is 517 g/mol. The number of amides is 1. The summed E-state index contributed by atoms with van der Waals surface area (Å²) in [5, 5.41) is 9.96. The number of carboxylic acids is 1. The van der Waals surface area contributed by atoms with Crippen molar-refractivity contribution in [1.29, 1.82) is 0 Å². The van der Waals surface area contributed by atoms with Gasteiger partial charge in [-0.25, -0.2) is 0 Å². The first kappa shape index (κ1) is 25.6. The fourth-order valence-electron chi connectivity index (χ4n) is 4.40. The van der Waals surface area contributed by atoms with Crippen molar-refractivity contribution in [2.75, 3.05) is 6.54 Å². The number of aliphatic carboxylic acids is 1. The van der Waals surface area contributed by atoms with E-state index in [1.54, 1.807) is 24.3 Å². The molecule has 188 valence electrons. The van der Waals surface area contributed by atoms with Crippen molar-refractivity contribution in [3.63, 3.8) is 0 Å². The van der Waals surface area contributed by atoms with E-state index in [4.69, 9.17) is 16.3 Å². The van der Waals surface area contributed by atoms with Gasteiger partial charge in [0.25, 0.3) is 5.91 Å². The lowest BCUT2D eigenvalue weighted by molar-refractivity contribution is -0.139. The molecule has 0 saturated carbocycles. The summed E-state index contributed by atoms with van der Waals surface area (Å²) in [7, 11) is 0. The number of halogens is 4. The summed E-state index contributed by atoms with van der Waals surface area (Å²) >= 11 is 5.96. The van der Waals surface area contributed by atoms with Crippen molar-refractivity contribution in [3.05, 3.63) is 99.6 Å². The Labute approximate surface area is 211 Å². The molecular formula is C27H23ClF3NO4. The number of ether oxygens (including phenoxy) is 1. The van der Waals surface area contributed by atoms with Gasteiger partial charge in [-0.2, -0.15) is 13.2 Å². The summed E-state index contributed by atoms with van der Waals surface area (Å²) in [6.45, 7) is 1.03. The van der Waals surface area contributed by atoms with Crippen LogP contribution in [-0.4, -0.2) is 34.0 Å². The van der Waals surface area contributed by atoms with Gasteiger partial charge < -0.3 is 14.7 Å². The Morgan fingerprint density at radius 1 is 1.06 bits per heavy atom. The number of carboxylic acid groups (broad SMARTS) is 1. The van der Waals surface area contributed by atoms with Crippen molar-refractivity contribution in [2.24, 2.45) is 0 Å². The first-order chi connectivity index (χ1) is 16.9. The maximum absolute atomic E-state index is 13.2. The van der Waals surface area contributed by atoms with Crippen LogP contribution in [-0.2, 0) is 30.4 Å². The molecule has 0 spiro atoms. The van der Waals surface area contributed by atoms with Gasteiger partial charge >= 0.3 is 12.1 Å². The van der Waals surface area contributed by atoms with E-state index in [0.29, 0.717) is 23.6 Å². The Bertz CT molecular complexity index is 1290. The first-order valence-electron chi connectivity index (χ1n) is 11.2. The van der Waals surface area contributed by atoms with Crippen molar-refractivity contribution in [1.82, 2.24) is 4.90 Å². The van der Waals surface area contributed by atoms with Crippen LogP contribution < -0.4 is 4.74 Å². The number of rotatable bonds is 7. The molecule has 1 N–H and O–H groups in total. The molecule has 1 aliphatic rings. The molecule has 1 heterocycles. The number of nitrogens with zero attached hydrogens (tertiary/aromatic N) is 1. The molecule has 36 heavy (non-hydrogen) atoms. The molecule has 0 fully saturated rings. The molecular weight excluding hydrogens is 495 g/mol. The van der Waals surface area contributed by atoms with Crippen LogP contribution in [0.25, 0.3) is 0 Å². The van der Waals surface area contributed by atoms with E-state index in [0.717, 1.165) is 28.2 Å². The van der Waals surface area contributed by atoms with Gasteiger partial charge in [-0.05, 0) is 66.1 Å². The highest BCUT2D eigenvalue weighted by molar-refractivity contribution is 6.30. The van der Waals surface area contributed by atoms with Gasteiger partial charge in [-0.15, -0.1) is 0 Å². The summed E-state index contributed by atoms with van der Waals surface area (Å²) in [5.74, 6) is -1.23. The molecule has 9 heteroatoms. The summed E-state index contributed by atoms with van der Waals surface area (Å²) in [6.07, 6.45) is -3.41. The Morgan fingerprint density at radius 2 is 1.78 bits per heavy atom. The lowest BCUT2D eigenvalue weighted by Crippen LogP contribution is -2.35. The maximum atomic E-state index is 13.2. The van der Waals surface area contributed by atoms with Gasteiger partial charge in [-0.3, -0.25) is 9.59 Å². The van der Waals surface area contributed by atoms with Crippen LogP contribution in [0.15, 0.2) is 66.7 Å². The number of hydrogen-bond acceptors (Lipinski definition) is 3. The lowest BCUT2D eigenvalue weighted by Gasteiger charge is -2.24. The standard InChI is InChI=1S/C27H23ClF3NO4/c1-26(13-17-5-8-22(28)9-6-17)14-20-12-19(7-10-23(20)36-26)25(35)32(16-24(33)34)15-18-3-2-4-21(11-18)27(29,30)31/h2-12H,13-16H2,1H3,(H,33,34). The largest absolute Gasteiger partial charge is 0.487 e. The highest BCUT2D eigenvalue weighted by Crippen LogP contribution is 2.38. The van der Waals surface area contributed by atoms with Crippen LogP contribution in [0.3, 0.4) is 0 Å². The minimum absolute atomic E-state index is 0.180. The van der Waals surface area contributed by atoms with E-state index in [-0.39, 0.29) is 17.7 Å². The van der Waals surface area contributed by atoms with Crippen LogP contribution >= 0.6 is 11.6 Å². The highest BCUT2D eigenvalue weighted by atomic mass is 35.5. The molecule has 3 aromatic carbocycles. The fourth-order valence-corrected chi connectivity index (χ4v) is 4.52. The normalized spacial score (nSPS) is 16.8. The SMILES string of the molecule is CC1(Cc2ccc(Cl)cc2)Cc2cc(C(=O)N(CC(=O)O)Cc3cccc(C(F)(F)F)c3)ccc2O1. The van der Waals surface area contributed by atoms with Gasteiger partial charge in [0.1, 0.15) is 17.9 Å². The van der Waals surface area contributed by atoms with E-state index in [1.165, 1.54) is 18.2 Å². The zero-order valence-corrected chi connectivity index (χ0v) is 20.1. The predicted octanol–water partition coefficient (Wildman–Crippen LogP) is 6.02. The molecule has 0 aliphatic carbocycles. The first-order valence-corrected chi connectivity index (χ1v) is 11.5. The summed E-state index contributed by atoms with van der Waals surface area (Å²) in [4.78, 5) is 25.7. The zero-order valence-electron chi connectivity index (χ0n) is 19.3. The zero-order chi connectivity index (χ0) is 26.1. The third-order valence-electron chi connectivity index (χ3n) is 5.96. The van der Waals surface area contributed by atoms with E-state index < -0.39 is 35.8 Å². The van der Waals surface area contributed by atoms with Crippen LogP contribution in [0.4, 0.5) is 13.2 Å². The Morgan fingerprint density at radius 3 is 2.44 bits per heavy atom. The molecule has 1 aliphatic heterocycles. The Balaban J connectivity index is 1.53. The van der Waals surface area contributed by atoms with Gasteiger partial charge in [-0.1, -0.05) is 35.9 Å². The molecule has 4 rings (SSSR count). The minimum atomic E-state index is -4.55. The van der Waals surface area contributed by atoms with Gasteiger partial charge in [0.15, 0.2) is 0 Å². The van der Waals surface area contributed by atoms with Crippen LogP contribution in [0.1, 0.15) is 39.5 Å². The molecule has 5 nitrogen and oxygen atoms in total. The van der Waals surface area contributed by atoms with Crippen LogP contribution in [0.2, 0.25) is 5.02 Å². The van der Waals surface area contributed by atoms with E-state index >= 15 is 0 Å². The van der Waals surface area contributed by atoms with Crippen molar-refractivity contribution in [3.8, 4) is 5.75 Å². The quantitative estimate of drug-likeness (QED) is 0.416. The molecule has 0 radical (unpaired) electrons. The third kappa shape index (κ3) is 5.99. The van der Waals surface area contributed by atoms with Crippen LogP contribution in [0, 0.1) is 0 Å². The summed E-state index contributed by atoms with van der Waals surface area (Å²) in [6, 6.07) is 16.8. The fraction of sp³-hybridized carbons (Fsp3) is 0.259. The second-order valence-electron chi connectivity index (χ2n) is 9.11. The average molecular weight is 518 g/mol. The third-order valence-corrected chi connectivity index (χ3v) is 6.21. The van der Waals surface area contributed by atoms with Crippen molar-refractivity contribution in [2.45, 2.75) is 38.1 Å².